The predicted octanol–water partition coefficient (Wildman–Crippen LogP) is 4.06. The number of nitrogens with one attached hydrogen (secondary N) is 2. The van der Waals surface area contributed by atoms with Crippen LogP contribution in [0.25, 0.3) is 0 Å². The van der Waals surface area contributed by atoms with E-state index < -0.39 is 0 Å². The van der Waals surface area contributed by atoms with Crippen LogP contribution in [0.5, 0.6) is 0 Å². The van der Waals surface area contributed by atoms with E-state index in [-0.39, 0.29) is 24.0 Å². The number of likely N-dealkylation sites (tertiary alicyclic amines) is 1. The molecule has 3 rings (SSSR count). The molecule has 0 amide bonds. The summed E-state index contributed by atoms with van der Waals surface area (Å²) in [6.45, 7) is 6.11. The zero-order valence-corrected chi connectivity index (χ0v) is 20.9. The van der Waals surface area contributed by atoms with Gasteiger partial charge in [-0.2, -0.15) is 0 Å². The van der Waals surface area contributed by atoms with Gasteiger partial charge in [-0.15, -0.1) is 24.0 Å². The van der Waals surface area contributed by atoms with Crippen LogP contribution in [0.15, 0.2) is 27.8 Å². The second kappa shape index (κ2) is 15.1. The minimum absolute atomic E-state index is 0. The van der Waals surface area contributed by atoms with Crippen LogP contribution < -0.4 is 10.6 Å². The molecule has 172 valence electrons. The van der Waals surface area contributed by atoms with E-state index in [1.54, 1.807) is 13.4 Å². The van der Waals surface area contributed by atoms with Gasteiger partial charge < -0.3 is 24.7 Å². The first-order chi connectivity index (χ1) is 14.3. The van der Waals surface area contributed by atoms with Gasteiger partial charge in [0.05, 0.1) is 6.26 Å². The summed E-state index contributed by atoms with van der Waals surface area (Å²) in [6, 6.07) is 4.49. The number of aliphatic imine (C=N–C) groups is 1. The minimum atomic E-state index is 0. The zero-order valence-electron chi connectivity index (χ0n) is 18.6. The molecule has 0 bridgehead atoms. The molecule has 2 aliphatic rings. The van der Waals surface area contributed by atoms with E-state index in [1.165, 1.54) is 44.9 Å². The fraction of sp³-hybridized carbons (Fsp3) is 0.783. The number of halogens is 1. The molecule has 0 spiro atoms. The van der Waals surface area contributed by atoms with Gasteiger partial charge >= 0.3 is 0 Å². The van der Waals surface area contributed by atoms with Crippen molar-refractivity contribution in [2.75, 3.05) is 46.4 Å². The Hall–Kier alpha value is -0.800. The topological polar surface area (TPSA) is 62.0 Å². The summed E-state index contributed by atoms with van der Waals surface area (Å²) in [6.07, 6.45) is 12.9. The monoisotopic (exact) mass is 532 g/mol. The third kappa shape index (κ3) is 9.56. The van der Waals surface area contributed by atoms with Crippen LogP contribution in [-0.2, 0) is 11.2 Å². The van der Waals surface area contributed by atoms with E-state index in [0.717, 1.165) is 69.8 Å². The molecule has 0 atom stereocenters. The number of hydrogen-bond acceptors (Lipinski definition) is 4. The Balaban J connectivity index is 0.00000320. The van der Waals surface area contributed by atoms with Crippen LogP contribution in [0.4, 0.5) is 0 Å². The maximum absolute atomic E-state index is 5.46. The van der Waals surface area contributed by atoms with Crippen molar-refractivity contribution in [1.82, 2.24) is 15.5 Å². The highest BCUT2D eigenvalue weighted by atomic mass is 127. The smallest absolute Gasteiger partial charge is 0.191 e. The first-order valence-electron chi connectivity index (χ1n) is 11.6. The maximum Gasteiger partial charge on any atom is 0.191 e. The Labute approximate surface area is 199 Å². The lowest BCUT2D eigenvalue weighted by Gasteiger charge is -2.33. The fourth-order valence-corrected chi connectivity index (χ4v) is 4.43. The zero-order chi connectivity index (χ0) is 20.2. The molecule has 0 aromatic carbocycles. The molecular weight excluding hydrogens is 491 g/mol. The Bertz CT molecular complexity index is 568. The fourth-order valence-electron chi connectivity index (χ4n) is 4.43. The molecule has 7 heteroatoms. The molecule has 1 aliphatic carbocycles. The van der Waals surface area contributed by atoms with Crippen molar-refractivity contribution >= 4 is 29.9 Å². The van der Waals surface area contributed by atoms with Crippen molar-refractivity contribution in [1.29, 1.82) is 0 Å². The Morgan fingerprint density at radius 3 is 2.70 bits per heavy atom. The highest BCUT2D eigenvalue weighted by Crippen LogP contribution is 2.23. The summed E-state index contributed by atoms with van der Waals surface area (Å²) in [5, 5.41) is 7.27. The van der Waals surface area contributed by atoms with Crippen molar-refractivity contribution in [2.24, 2.45) is 10.9 Å². The van der Waals surface area contributed by atoms with Crippen molar-refractivity contribution in [3.05, 3.63) is 24.2 Å². The van der Waals surface area contributed by atoms with Crippen molar-refractivity contribution in [2.45, 2.75) is 63.8 Å². The summed E-state index contributed by atoms with van der Waals surface area (Å²) in [7, 11) is 1.78. The second-order valence-corrected chi connectivity index (χ2v) is 8.56. The molecule has 2 heterocycles. The average Bonchev–Trinajstić information content (AvgIpc) is 3.27. The number of methoxy groups -OCH3 is 1. The van der Waals surface area contributed by atoms with Gasteiger partial charge in [-0.05, 0) is 50.2 Å². The van der Waals surface area contributed by atoms with Crippen LogP contribution in [0.3, 0.4) is 0 Å². The number of nitrogens with zero attached hydrogens (tertiary/aromatic N) is 2. The predicted molar refractivity (Wildman–Crippen MR) is 134 cm³/mol. The van der Waals surface area contributed by atoms with Crippen LogP contribution in [0, 0.1) is 5.92 Å². The molecule has 1 aromatic heterocycles. The van der Waals surface area contributed by atoms with E-state index in [9.17, 15) is 0 Å². The molecule has 2 N–H and O–H groups in total. The number of rotatable bonds is 10. The number of guanidine groups is 1. The lowest BCUT2D eigenvalue weighted by Crippen LogP contribution is -2.49. The van der Waals surface area contributed by atoms with Gasteiger partial charge in [-0.3, -0.25) is 4.99 Å². The average molecular weight is 533 g/mol. The minimum Gasteiger partial charge on any atom is -0.469 e. The van der Waals surface area contributed by atoms with Gasteiger partial charge in [0.25, 0.3) is 0 Å². The summed E-state index contributed by atoms with van der Waals surface area (Å²) in [4.78, 5) is 7.53. The van der Waals surface area contributed by atoms with E-state index in [2.05, 4.69) is 15.5 Å². The Morgan fingerprint density at radius 1 is 1.20 bits per heavy atom. The van der Waals surface area contributed by atoms with Gasteiger partial charge in [-0.25, -0.2) is 0 Å². The normalized spacial score (nSPS) is 19.4. The van der Waals surface area contributed by atoms with Gasteiger partial charge in [0.15, 0.2) is 5.96 Å². The lowest BCUT2D eigenvalue weighted by atomic mass is 9.89. The van der Waals surface area contributed by atoms with E-state index in [4.69, 9.17) is 14.1 Å². The van der Waals surface area contributed by atoms with Crippen LogP contribution in [0.1, 0.15) is 57.1 Å². The van der Waals surface area contributed by atoms with E-state index in [0.29, 0.717) is 6.04 Å². The molecule has 0 radical (unpaired) electrons. The summed E-state index contributed by atoms with van der Waals surface area (Å²) in [5.41, 5.74) is 0. The van der Waals surface area contributed by atoms with Gasteiger partial charge in [-0.1, -0.05) is 19.3 Å². The Morgan fingerprint density at radius 2 is 2.00 bits per heavy atom. The molecule has 1 aromatic rings. The first-order valence-corrected chi connectivity index (χ1v) is 11.6. The molecule has 0 unspecified atom stereocenters. The first kappa shape index (κ1) is 25.5. The van der Waals surface area contributed by atoms with Gasteiger partial charge in [0.2, 0.25) is 0 Å². The maximum atomic E-state index is 5.46. The van der Waals surface area contributed by atoms with Crippen molar-refractivity contribution in [3.8, 4) is 0 Å². The quantitative estimate of drug-likeness (QED) is 0.206. The standard InChI is InChI=1S/C23H40N4O2.HI/c1-28-17-6-14-27-15-11-21(12-16-27)26-23(24-13-10-22-9-5-18-29-22)25-19-20-7-3-2-4-8-20;/h5,9,18,20-21H,2-4,6-8,10-17,19H2,1H3,(H2,24,25,26);1H. The van der Waals surface area contributed by atoms with E-state index >= 15 is 0 Å². The van der Waals surface area contributed by atoms with Gasteiger partial charge in [0, 0.05) is 58.9 Å². The Kier molecular flexibility index (Phi) is 12.8. The summed E-state index contributed by atoms with van der Waals surface area (Å²) >= 11 is 0. The van der Waals surface area contributed by atoms with Crippen LogP contribution in [-0.4, -0.2) is 63.3 Å². The lowest BCUT2D eigenvalue weighted by molar-refractivity contribution is 0.155. The third-order valence-electron chi connectivity index (χ3n) is 6.23. The highest BCUT2D eigenvalue weighted by Gasteiger charge is 2.20. The van der Waals surface area contributed by atoms with E-state index in [1.807, 2.05) is 12.1 Å². The number of furan rings is 1. The highest BCUT2D eigenvalue weighted by molar-refractivity contribution is 14.0. The SMILES string of the molecule is COCCCN1CCC(NC(=NCC2CCCCC2)NCCc2ccco2)CC1.I. The molecule has 6 nitrogen and oxygen atoms in total. The molecular formula is C23H41IN4O2. The molecule has 30 heavy (non-hydrogen) atoms. The number of ether oxygens (including phenoxy) is 1. The number of piperidine rings is 1. The second-order valence-electron chi connectivity index (χ2n) is 8.56. The molecule has 1 aliphatic heterocycles. The van der Waals surface area contributed by atoms with Gasteiger partial charge in [0.1, 0.15) is 5.76 Å². The van der Waals surface area contributed by atoms with Crippen LogP contribution in [0.2, 0.25) is 0 Å². The summed E-state index contributed by atoms with van der Waals surface area (Å²) in [5.74, 6) is 2.77. The molecule has 1 saturated carbocycles. The third-order valence-corrected chi connectivity index (χ3v) is 6.23. The summed E-state index contributed by atoms with van der Waals surface area (Å²) < 4.78 is 10.6. The largest absolute Gasteiger partial charge is 0.469 e. The number of hydrogen-bond donors (Lipinski definition) is 2. The van der Waals surface area contributed by atoms with Crippen molar-refractivity contribution < 1.29 is 9.15 Å². The molecule has 2 fully saturated rings. The van der Waals surface area contributed by atoms with Crippen molar-refractivity contribution in [3.63, 3.8) is 0 Å². The van der Waals surface area contributed by atoms with Crippen LogP contribution >= 0.6 is 24.0 Å². The molecule has 1 saturated heterocycles.